The van der Waals surface area contributed by atoms with Gasteiger partial charge in [-0.15, -0.1) is 0 Å². The van der Waals surface area contributed by atoms with Gasteiger partial charge in [0.1, 0.15) is 5.75 Å². The van der Waals surface area contributed by atoms with Crippen LogP contribution in [-0.4, -0.2) is 18.2 Å². The normalized spacial score (nSPS) is 13.5. The molecule has 0 saturated carbocycles. The van der Waals surface area contributed by atoms with Crippen molar-refractivity contribution in [2.24, 2.45) is 0 Å². The Morgan fingerprint density at radius 3 is 2.45 bits per heavy atom. The molecule has 3 nitrogen and oxygen atoms in total. The van der Waals surface area contributed by atoms with E-state index < -0.39 is 11.4 Å². The first-order chi connectivity index (χ1) is 9.56. The monoisotopic (exact) mass is 270 g/mol. The first-order valence-corrected chi connectivity index (χ1v) is 6.48. The molecule has 2 rings (SSSR count). The summed E-state index contributed by atoms with van der Waals surface area (Å²) in [5.74, 6) is -0.0881. The van der Waals surface area contributed by atoms with Crippen molar-refractivity contribution in [3.8, 4) is 5.75 Å². The second-order valence-electron chi connectivity index (χ2n) is 5.03. The third kappa shape index (κ3) is 2.82. The van der Waals surface area contributed by atoms with Crippen molar-refractivity contribution < 1.29 is 14.6 Å². The number of ether oxygens (including phenoxy) is 1. The van der Waals surface area contributed by atoms with E-state index in [4.69, 9.17) is 4.74 Å². The predicted octanol–water partition coefficient (Wildman–Crippen LogP) is 3.28. The lowest BCUT2D eigenvalue weighted by molar-refractivity contribution is -0.143. The molecule has 0 saturated heterocycles. The van der Waals surface area contributed by atoms with Gasteiger partial charge in [0.15, 0.2) is 0 Å². The van der Waals surface area contributed by atoms with Gasteiger partial charge in [-0.3, -0.25) is 4.79 Å². The van der Waals surface area contributed by atoms with Crippen molar-refractivity contribution in [1.29, 1.82) is 0 Å². The average Bonchev–Trinajstić information content (AvgIpc) is 2.48. The van der Waals surface area contributed by atoms with Gasteiger partial charge in [-0.05, 0) is 36.6 Å². The Kier molecular flexibility index (Phi) is 4.08. The lowest BCUT2D eigenvalue weighted by atomic mass is 9.77. The molecule has 0 fully saturated rings. The molecule has 0 amide bonds. The highest BCUT2D eigenvalue weighted by atomic mass is 16.5. The molecule has 0 aromatic heterocycles. The Bertz CT molecular complexity index is 592. The van der Waals surface area contributed by atoms with Gasteiger partial charge in [-0.1, -0.05) is 42.5 Å². The summed E-state index contributed by atoms with van der Waals surface area (Å²) in [4.78, 5) is 11.7. The maximum absolute atomic E-state index is 11.7. The standard InChI is InChI=1S/C17H18O3/c1-17(16(18)19,14-8-4-3-5-9-14)12-13-7-6-10-15(11-13)20-2/h3-11H,12H2,1-2H3,(H,18,19). The number of benzene rings is 2. The molecule has 104 valence electrons. The summed E-state index contributed by atoms with van der Waals surface area (Å²) in [6, 6.07) is 16.9. The minimum atomic E-state index is -0.951. The van der Waals surface area contributed by atoms with E-state index in [0.717, 1.165) is 16.9 Å². The van der Waals surface area contributed by atoms with Crippen LogP contribution in [0.3, 0.4) is 0 Å². The van der Waals surface area contributed by atoms with E-state index in [1.165, 1.54) is 0 Å². The van der Waals surface area contributed by atoms with Crippen molar-refractivity contribution in [3.63, 3.8) is 0 Å². The fraction of sp³-hybridized carbons (Fsp3) is 0.235. The number of carbonyl (C=O) groups is 1. The molecular weight excluding hydrogens is 252 g/mol. The smallest absolute Gasteiger partial charge is 0.314 e. The maximum Gasteiger partial charge on any atom is 0.314 e. The van der Waals surface area contributed by atoms with Crippen LogP contribution in [0.1, 0.15) is 18.1 Å². The number of hydrogen-bond acceptors (Lipinski definition) is 2. The number of carboxylic acid groups (broad SMARTS) is 1. The summed E-state index contributed by atoms with van der Waals surface area (Å²) >= 11 is 0. The largest absolute Gasteiger partial charge is 0.497 e. The molecule has 0 aliphatic heterocycles. The quantitative estimate of drug-likeness (QED) is 0.907. The fourth-order valence-corrected chi connectivity index (χ4v) is 2.30. The van der Waals surface area contributed by atoms with E-state index >= 15 is 0 Å². The summed E-state index contributed by atoms with van der Waals surface area (Å²) in [6.45, 7) is 1.75. The summed E-state index contributed by atoms with van der Waals surface area (Å²) in [7, 11) is 1.60. The highest BCUT2D eigenvalue weighted by Gasteiger charge is 2.35. The topological polar surface area (TPSA) is 46.5 Å². The van der Waals surface area contributed by atoms with E-state index in [1.807, 2.05) is 54.6 Å². The molecule has 0 aliphatic rings. The molecule has 2 aromatic carbocycles. The zero-order valence-electron chi connectivity index (χ0n) is 11.7. The fourth-order valence-electron chi connectivity index (χ4n) is 2.30. The van der Waals surface area contributed by atoms with Crippen LogP contribution in [0.25, 0.3) is 0 Å². The van der Waals surface area contributed by atoms with Crippen LogP contribution < -0.4 is 4.74 Å². The van der Waals surface area contributed by atoms with Gasteiger partial charge in [-0.25, -0.2) is 0 Å². The van der Waals surface area contributed by atoms with Crippen molar-refractivity contribution >= 4 is 5.97 Å². The second kappa shape index (κ2) is 5.78. The minimum absolute atomic E-state index is 0.420. The van der Waals surface area contributed by atoms with Crippen molar-refractivity contribution in [2.45, 2.75) is 18.8 Å². The Labute approximate surface area is 118 Å². The van der Waals surface area contributed by atoms with E-state index in [2.05, 4.69) is 0 Å². The Morgan fingerprint density at radius 1 is 1.15 bits per heavy atom. The molecule has 0 bridgehead atoms. The third-order valence-electron chi connectivity index (χ3n) is 3.57. The number of hydrogen-bond donors (Lipinski definition) is 1. The van der Waals surface area contributed by atoms with Gasteiger partial charge >= 0.3 is 5.97 Å². The Balaban J connectivity index is 2.37. The van der Waals surface area contributed by atoms with Crippen LogP contribution in [0.15, 0.2) is 54.6 Å². The summed E-state index contributed by atoms with van der Waals surface area (Å²) in [5, 5.41) is 9.64. The highest BCUT2D eigenvalue weighted by molar-refractivity contribution is 5.81. The van der Waals surface area contributed by atoms with Crippen LogP contribution >= 0.6 is 0 Å². The van der Waals surface area contributed by atoms with Gasteiger partial charge in [0.2, 0.25) is 0 Å². The molecule has 20 heavy (non-hydrogen) atoms. The van der Waals surface area contributed by atoms with Gasteiger partial charge in [-0.2, -0.15) is 0 Å². The van der Waals surface area contributed by atoms with Gasteiger partial charge < -0.3 is 9.84 Å². The van der Waals surface area contributed by atoms with E-state index in [-0.39, 0.29) is 0 Å². The van der Waals surface area contributed by atoms with Crippen LogP contribution in [0.2, 0.25) is 0 Å². The lowest BCUT2D eigenvalue weighted by Crippen LogP contribution is -2.34. The SMILES string of the molecule is COc1cccc(CC(C)(C(=O)O)c2ccccc2)c1. The minimum Gasteiger partial charge on any atom is -0.497 e. The van der Waals surface area contributed by atoms with Crippen molar-refractivity contribution in [1.82, 2.24) is 0 Å². The van der Waals surface area contributed by atoms with E-state index in [9.17, 15) is 9.90 Å². The number of rotatable bonds is 5. The second-order valence-corrected chi connectivity index (χ2v) is 5.03. The van der Waals surface area contributed by atoms with Gasteiger partial charge in [0.25, 0.3) is 0 Å². The van der Waals surface area contributed by atoms with Crippen LogP contribution in [0.4, 0.5) is 0 Å². The van der Waals surface area contributed by atoms with Crippen LogP contribution in [0, 0.1) is 0 Å². The molecule has 0 radical (unpaired) electrons. The Morgan fingerprint density at radius 2 is 1.85 bits per heavy atom. The molecule has 1 unspecified atom stereocenters. The molecule has 0 spiro atoms. The van der Waals surface area contributed by atoms with E-state index in [0.29, 0.717) is 6.42 Å². The van der Waals surface area contributed by atoms with Gasteiger partial charge in [0, 0.05) is 0 Å². The van der Waals surface area contributed by atoms with Crippen molar-refractivity contribution in [2.75, 3.05) is 7.11 Å². The molecule has 3 heteroatoms. The zero-order chi connectivity index (χ0) is 14.6. The number of aliphatic carboxylic acids is 1. The third-order valence-corrected chi connectivity index (χ3v) is 3.57. The van der Waals surface area contributed by atoms with Crippen LogP contribution in [-0.2, 0) is 16.6 Å². The summed E-state index contributed by atoms with van der Waals surface area (Å²) in [5.41, 5.74) is 0.793. The highest BCUT2D eigenvalue weighted by Crippen LogP contribution is 2.29. The van der Waals surface area contributed by atoms with Gasteiger partial charge in [0.05, 0.1) is 12.5 Å². The molecular formula is C17H18O3. The molecule has 1 N–H and O–H groups in total. The summed E-state index contributed by atoms with van der Waals surface area (Å²) < 4.78 is 5.19. The molecule has 0 heterocycles. The number of methoxy groups -OCH3 is 1. The zero-order valence-corrected chi connectivity index (χ0v) is 11.7. The van der Waals surface area contributed by atoms with E-state index in [1.54, 1.807) is 14.0 Å². The first kappa shape index (κ1) is 14.1. The first-order valence-electron chi connectivity index (χ1n) is 6.48. The molecule has 1 atom stereocenters. The predicted molar refractivity (Wildman–Crippen MR) is 78.1 cm³/mol. The van der Waals surface area contributed by atoms with Crippen LogP contribution in [0.5, 0.6) is 5.75 Å². The lowest BCUT2D eigenvalue weighted by Gasteiger charge is -2.25. The average molecular weight is 270 g/mol. The maximum atomic E-state index is 11.7. The van der Waals surface area contributed by atoms with Crippen molar-refractivity contribution in [3.05, 3.63) is 65.7 Å². The molecule has 0 aliphatic carbocycles. The summed E-state index contributed by atoms with van der Waals surface area (Å²) in [6.07, 6.45) is 0.420. The number of carboxylic acids is 1. The Hall–Kier alpha value is -2.29. The molecule has 2 aromatic rings.